The van der Waals surface area contributed by atoms with Gasteiger partial charge in [0, 0.05) is 24.7 Å². The first kappa shape index (κ1) is 18.8. The van der Waals surface area contributed by atoms with E-state index in [1.807, 2.05) is 6.92 Å². The highest BCUT2D eigenvalue weighted by atomic mass is 32.2. The molecular weight excluding hydrogens is 370 g/mol. The van der Waals surface area contributed by atoms with Crippen LogP contribution in [0.15, 0.2) is 47.4 Å². The molecule has 0 bridgehead atoms. The zero-order chi connectivity index (χ0) is 19.6. The Morgan fingerprint density at radius 3 is 2.59 bits per heavy atom. The Kier molecular flexibility index (Phi) is 5.13. The third-order valence-electron chi connectivity index (χ3n) is 4.43. The van der Waals surface area contributed by atoms with Gasteiger partial charge in [-0.1, -0.05) is 18.2 Å². The first-order valence-electron chi connectivity index (χ1n) is 8.47. The molecule has 1 heterocycles. The van der Waals surface area contributed by atoms with E-state index in [0.29, 0.717) is 18.7 Å². The number of amides is 1. The summed E-state index contributed by atoms with van der Waals surface area (Å²) in [6.45, 7) is 2.43. The van der Waals surface area contributed by atoms with Crippen molar-refractivity contribution < 1.29 is 18.1 Å². The lowest BCUT2D eigenvalue weighted by Gasteiger charge is -2.28. The van der Waals surface area contributed by atoms with Crippen LogP contribution in [0, 0.1) is 17.0 Å². The Balaban J connectivity index is 1.95. The van der Waals surface area contributed by atoms with E-state index in [1.165, 1.54) is 18.2 Å². The van der Waals surface area contributed by atoms with Gasteiger partial charge in [-0.2, -0.15) is 0 Å². The minimum atomic E-state index is -4.16. The lowest BCUT2D eigenvalue weighted by molar-refractivity contribution is -0.387. The molecule has 0 saturated carbocycles. The molecule has 9 heteroatoms. The third kappa shape index (κ3) is 3.92. The molecule has 1 amide bonds. The van der Waals surface area contributed by atoms with Gasteiger partial charge in [0.2, 0.25) is 5.91 Å². The van der Waals surface area contributed by atoms with Crippen molar-refractivity contribution in [3.05, 3.63) is 58.1 Å². The molecule has 2 aromatic rings. The number of anilines is 2. The minimum absolute atomic E-state index is 0.00283. The maximum Gasteiger partial charge on any atom is 0.289 e. The number of hydrogen-bond acceptors (Lipinski definition) is 5. The summed E-state index contributed by atoms with van der Waals surface area (Å²) >= 11 is 0. The summed E-state index contributed by atoms with van der Waals surface area (Å²) in [7, 11) is -4.16. The lowest BCUT2D eigenvalue weighted by atomic mass is 10.1. The molecule has 0 aliphatic carbocycles. The van der Waals surface area contributed by atoms with Crippen LogP contribution in [0.25, 0.3) is 0 Å². The fourth-order valence-corrected chi connectivity index (χ4v) is 4.29. The van der Waals surface area contributed by atoms with Crippen molar-refractivity contribution in [3.63, 3.8) is 0 Å². The number of benzene rings is 2. The van der Waals surface area contributed by atoms with Gasteiger partial charge in [0.1, 0.15) is 0 Å². The van der Waals surface area contributed by atoms with Gasteiger partial charge in [0.15, 0.2) is 4.90 Å². The van der Waals surface area contributed by atoms with Gasteiger partial charge >= 0.3 is 0 Å². The first-order chi connectivity index (χ1) is 12.8. The highest BCUT2D eigenvalue weighted by Crippen LogP contribution is 2.30. The van der Waals surface area contributed by atoms with Gasteiger partial charge in [-0.3, -0.25) is 19.6 Å². The van der Waals surface area contributed by atoms with E-state index in [4.69, 9.17) is 0 Å². The van der Waals surface area contributed by atoms with Crippen LogP contribution in [0.4, 0.5) is 17.1 Å². The maximum atomic E-state index is 12.7. The van der Waals surface area contributed by atoms with Crippen LogP contribution in [0.2, 0.25) is 0 Å². The number of rotatable bonds is 5. The van der Waals surface area contributed by atoms with Crippen LogP contribution in [0.5, 0.6) is 0 Å². The lowest BCUT2D eigenvalue weighted by Crippen LogP contribution is -2.35. The molecule has 1 aliphatic rings. The fourth-order valence-electron chi connectivity index (χ4n) is 3.07. The second-order valence-electron chi connectivity index (χ2n) is 6.33. The molecule has 3 rings (SSSR count). The minimum Gasteiger partial charge on any atom is -0.312 e. The van der Waals surface area contributed by atoms with Gasteiger partial charge < -0.3 is 4.90 Å². The normalized spacial score (nSPS) is 14.9. The molecule has 0 aromatic heterocycles. The van der Waals surface area contributed by atoms with E-state index in [0.717, 1.165) is 24.5 Å². The zero-order valence-corrected chi connectivity index (χ0v) is 15.5. The summed E-state index contributed by atoms with van der Waals surface area (Å²) in [5, 5.41) is 11.1. The van der Waals surface area contributed by atoms with E-state index < -0.39 is 25.5 Å². The summed E-state index contributed by atoms with van der Waals surface area (Å²) in [6, 6.07) is 10.0. The molecule has 2 aromatic carbocycles. The number of hydrogen-bond donors (Lipinski definition) is 1. The maximum absolute atomic E-state index is 12.7. The number of para-hydroxylation sites is 1. The van der Waals surface area contributed by atoms with E-state index in [2.05, 4.69) is 4.72 Å². The van der Waals surface area contributed by atoms with Gasteiger partial charge in [-0.05, 0) is 43.5 Å². The number of sulfonamides is 1. The molecule has 0 spiro atoms. The van der Waals surface area contributed by atoms with Crippen molar-refractivity contribution in [2.75, 3.05) is 16.2 Å². The van der Waals surface area contributed by atoms with E-state index in [-0.39, 0.29) is 11.6 Å². The molecule has 142 valence electrons. The fraction of sp³-hybridized carbons (Fsp3) is 0.278. The number of nitrogens with zero attached hydrogens (tertiary/aromatic N) is 2. The Labute approximate surface area is 157 Å². The van der Waals surface area contributed by atoms with Gasteiger partial charge in [-0.25, -0.2) is 8.42 Å². The zero-order valence-electron chi connectivity index (χ0n) is 14.7. The van der Waals surface area contributed by atoms with Crippen LogP contribution >= 0.6 is 0 Å². The second-order valence-corrected chi connectivity index (χ2v) is 7.98. The standard InChI is InChI=1S/C18H19N3O5S/c1-13-9-10-14(12-16(13)20-11-5-4-8-18(20)22)19-27(25,26)17-7-3-2-6-15(17)21(23)24/h2-3,6-7,9-10,12,19H,4-5,8,11H2,1H3. The summed E-state index contributed by atoms with van der Waals surface area (Å²) in [6.07, 6.45) is 2.20. The molecule has 1 fully saturated rings. The highest BCUT2D eigenvalue weighted by molar-refractivity contribution is 7.92. The molecule has 0 unspecified atom stereocenters. The van der Waals surface area contributed by atoms with Crippen molar-refractivity contribution in [1.29, 1.82) is 0 Å². The molecule has 1 aliphatic heterocycles. The Bertz CT molecular complexity index is 1000. The van der Waals surface area contributed by atoms with Gasteiger partial charge in [-0.15, -0.1) is 0 Å². The molecular formula is C18H19N3O5S. The predicted octanol–water partition coefficient (Wildman–Crippen LogP) is 3.22. The molecule has 27 heavy (non-hydrogen) atoms. The summed E-state index contributed by atoms with van der Waals surface area (Å²) in [5.74, 6) is 0.00283. The molecule has 0 atom stereocenters. The molecule has 8 nitrogen and oxygen atoms in total. The average Bonchev–Trinajstić information content (AvgIpc) is 2.64. The number of aryl methyl sites for hydroxylation is 1. The summed E-state index contributed by atoms with van der Waals surface area (Å²) in [5.41, 5.74) is 1.23. The average molecular weight is 389 g/mol. The monoisotopic (exact) mass is 389 g/mol. The number of carbonyl (C=O) groups is 1. The molecule has 1 saturated heterocycles. The van der Waals surface area contributed by atoms with Crippen LogP contribution in [-0.2, 0) is 14.8 Å². The van der Waals surface area contributed by atoms with Crippen LogP contribution in [-0.4, -0.2) is 25.8 Å². The number of nitrogens with one attached hydrogen (secondary N) is 1. The largest absolute Gasteiger partial charge is 0.312 e. The number of nitro groups is 1. The quantitative estimate of drug-likeness (QED) is 0.624. The molecule has 0 radical (unpaired) electrons. The van der Waals surface area contributed by atoms with Crippen molar-refractivity contribution in [1.82, 2.24) is 0 Å². The van der Waals surface area contributed by atoms with Crippen molar-refractivity contribution >= 4 is 33.0 Å². The van der Waals surface area contributed by atoms with Crippen LogP contribution in [0.1, 0.15) is 24.8 Å². The van der Waals surface area contributed by atoms with Crippen LogP contribution in [0.3, 0.4) is 0 Å². The van der Waals surface area contributed by atoms with E-state index in [1.54, 1.807) is 23.1 Å². The second kappa shape index (κ2) is 7.36. The third-order valence-corrected chi connectivity index (χ3v) is 5.86. The Morgan fingerprint density at radius 2 is 1.89 bits per heavy atom. The van der Waals surface area contributed by atoms with Crippen molar-refractivity contribution in [2.45, 2.75) is 31.1 Å². The Morgan fingerprint density at radius 1 is 1.15 bits per heavy atom. The van der Waals surface area contributed by atoms with E-state index in [9.17, 15) is 23.3 Å². The number of carbonyl (C=O) groups excluding carboxylic acids is 1. The SMILES string of the molecule is Cc1ccc(NS(=O)(=O)c2ccccc2[N+](=O)[O-])cc1N1CCCCC1=O. The first-order valence-corrected chi connectivity index (χ1v) is 9.95. The van der Waals surface area contributed by atoms with Gasteiger partial charge in [0.25, 0.3) is 15.7 Å². The predicted molar refractivity (Wildman–Crippen MR) is 101 cm³/mol. The smallest absolute Gasteiger partial charge is 0.289 e. The summed E-state index contributed by atoms with van der Waals surface area (Å²) in [4.78, 5) is 23.8. The van der Waals surface area contributed by atoms with Gasteiger partial charge in [0.05, 0.1) is 10.6 Å². The Hall–Kier alpha value is -2.94. The van der Waals surface area contributed by atoms with Crippen LogP contribution < -0.4 is 9.62 Å². The van der Waals surface area contributed by atoms with E-state index >= 15 is 0 Å². The summed E-state index contributed by atoms with van der Waals surface area (Å²) < 4.78 is 27.7. The van der Waals surface area contributed by atoms with Crippen molar-refractivity contribution in [2.24, 2.45) is 0 Å². The number of piperidine rings is 1. The topological polar surface area (TPSA) is 110 Å². The molecule has 1 N–H and O–H groups in total. The van der Waals surface area contributed by atoms with Crippen molar-refractivity contribution in [3.8, 4) is 0 Å². The highest BCUT2D eigenvalue weighted by Gasteiger charge is 2.26. The number of nitro benzene ring substituents is 1.